The first-order chi connectivity index (χ1) is 16.8. The van der Waals surface area contributed by atoms with E-state index >= 15 is 0 Å². The summed E-state index contributed by atoms with van der Waals surface area (Å²) in [5.74, 6) is -2.67. The Morgan fingerprint density at radius 1 is 1.14 bits per heavy atom. The van der Waals surface area contributed by atoms with Crippen molar-refractivity contribution in [2.75, 3.05) is 20.2 Å². The van der Waals surface area contributed by atoms with Gasteiger partial charge in [-0.25, -0.2) is 0 Å². The SMILES string of the molecule is CN1C[C@H](COC(=O)C2CCCCC2)C=C2c3cccc4[nH]cc(c34)C[C@H]21.O=C([O-])/C=C\C(=O)[O-].[H+].[H+]. The first kappa shape index (κ1) is 24.7. The van der Waals surface area contributed by atoms with Crippen molar-refractivity contribution < 1.29 is 32.2 Å². The van der Waals surface area contributed by atoms with Crippen molar-refractivity contribution in [3.05, 3.63) is 53.8 Å². The maximum absolute atomic E-state index is 12.4. The smallest absolute Gasteiger partial charge is 0.545 e. The van der Waals surface area contributed by atoms with Gasteiger partial charge in [-0.1, -0.05) is 37.5 Å². The zero-order chi connectivity index (χ0) is 24.9. The monoisotopic (exact) mass is 480 g/mol. The molecule has 8 heteroatoms. The van der Waals surface area contributed by atoms with Crippen LogP contribution in [0.15, 0.2) is 42.6 Å². The Labute approximate surface area is 207 Å². The average molecular weight is 481 g/mol. The van der Waals surface area contributed by atoms with Crippen molar-refractivity contribution in [2.24, 2.45) is 11.8 Å². The number of aliphatic carboxylic acids is 2. The predicted octanol–water partition coefficient (Wildman–Crippen LogP) is 1.43. The molecule has 3 aliphatic rings. The second-order valence-electron chi connectivity index (χ2n) is 9.52. The Bertz CT molecular complexity index is 1150. The highest BCUT2D eigenvalue weighted by Gasteiger charge is 2.34. The summed E-state index contributed by atoms with van der Waals surface area (Å²) in [6.45, 7) is 1.45. The van der Waals surface area contributed by atoms with Crippen LogP contribution in [0.25, 0.3) is 16.5 Å². The summed E-state index contributed by atoms with van der Waals surface area (Å²) in [6, 6.07) is 6.94. The summed E-state index contributed by atoms with van der Waals surface area (Å²) in [4.78, 5) is 37.1. The summed E-state index contributed by atoms with van der Waals surface area (Å²) in [6.07, 6.45) is 12.0. The molecule has 2 aliphatic carbocycles. The molecule has 5 rings (SSSR count). The number of likely N-dealkylation sites (N-methyl/N-ethyl adjacent to an activating group) is 1. The lowest BCUT2D eigenvalue weighted by molar-refractivity contribution is -0.301. The van der Waals surface area contributed by atoms with E-state index in [-0.39, 0.29) is 20.7 Å². The number of nitrogens with one attached hydrogen (secondary N) is 1. The van der Waals surface area contributed by atoms with Gasteiger partial charge in [-0.3, -0.25) is 9.69 Å². The number of esters is 1. The van der Waals surface area contributed by atoms with Gasteiger partial charge in [-0.2, -0.15) is 0 Å². The van der Waals surface area contributed by atoms with Gasteiger partial charge < -0.3 is 29.5 Å². The summed E-state index contributed by atoms with van der Waals surface area (Å²) in [7, 11) is 2.20. The molecule has 1 fully saturated rings. The van der Waals surface area contributed by atoms with Crippen LogP contribution in [0.4, 0.5) is 0 Å². The highest BCUT2D eigenvalue weighted by molar-refractivity contribution is 5.98. The van der Waals surface area contributed by atoms with Gasteiger partial charge in [0.05, 0.1) is 24.5 Å². The third-order valence-corrected chi connectivity index (χ3v) is 7.07. The minimum atomic E-state index is -1.55. The fourth-order valence-corrected chi connectivity index (χ4v) is 5.44. The molecule has 1 aromatic carbocycles. The van der Waals surface area contributed by atoms with E-state index in [1.807, 2.05) is 0 Å². The lowest BCUT2D eigenvalue weighted by atomic mass is 9.80. The minimum Gasteiger partial charge on any atom is -0.545 e. The minimum absolute atomic E-state index is 0. The molecule has 1 saturated carbocycles. The lowest BCUT2D eigenvalue weighted by Gasteiger charge is -2.39. The molecule has 8 nitrogen and oxygen atoms in total. The van der Waals surface area contributed by atoms with Crippen LogP contribution in [-0.2, 0) is 25.5 Å². The van der Waals surface area contributed by atoms with E-state index in [2.05, 4.69) is 47.4 Å². The van der Waals surface area contributed by atoms with E-state index < -0.39 is 11.9 Å². The van der Waals surface area contributed by atoms with Crippen molar-refractivity contribution in [3.63, 3.8) is 0 Å². The summed E-state index contributed by atoms with van der Waals surface area (Å²) in [5.41, 5.74) is 5.38. The zero-order valence-corrected chi connectivity index (χ0v) is 19.8. The zero-order valence-electron chi connectivity index (χ0n) is 21.8. The van der Waals surface area contributed by atoms with Gasteiger partial charge in [0.15, 0.2) is 0 Å². The number of ether oxygens (including phenoxy) is 1. The van der Waals surface area contributed by atoms with Crippen molar-refractivity contribution in [2.45, 2.75) is 44.6 Å². The number of nitrogens with zero attached hydrogens (tertiary/aromatic N) is 1. The number of carbonyl (C=O) groups is 3. The van der Waals surface area contributed by atoms with Gasteiger partial charge in [-0.05, 0) is 61.2 Å². The number of H-pyrrole nitrogens is 1. The molecule has 0 bridgehead atoms. The fourth-order valence-electron chi connectivity index (χ4n) is 5.44. The molecule has 0 saturated heterocycles. The van der Waals surface area contributed by atoms with Crippen molar-refractivity contribution in [1.82, 2.24) is 9.88 Å². The molecule has 35 heavy (non-hydrogen) atoms. The van der Waals surface area contributed by atoms with E-state index in [4.69, 9.17) is 4.74 Å². The number of carbonyl (C=O) groups excluding carboxylic acids is 3. The van der Waals surface area contributed by atoms with E-state index in [0.717, 1.165) is 25.8 Å². The number of fused-ring (bicyclic) bond motifs is 2. The highest BCUT2D eigenvalue weighted by atomic mass is 16.5. The number of hydrogen-bond acceptors (Lipinski definition) is 7. The van der Waals surface area contributed by atoms with Gasteiger partial charge >= 0.3 is 8.82 Å². The first-order valence-corrected chi connectivity index (χ1v) is 12.1. The van der Waals surface area contributed by atoms with Gasteiger partial charge in [0, 0.05) is 35.6 Å². The Morgan fingerprint density at radius 2 is 1.86 bits per heavy atom. The molecule has 1 aliphatic heterocycles. The normalized spacial score (nSPS) is 22.1. The molecule has 1 aromatic heterocycles. The topological polar surface area (TPSA) is 126 Å². The van der Waals surface area contributed by atoms with Crippen LogP contribution >= 0.6 is 0 Å². The first-order valence-electron chi connectivity index (χ1n) is 12.1. The number of aromatic nitrogens is 1. The number of aromatic amines is 1. The van der Waals surface area contributed by atoms with Crippen LogP contribution in [0.1, 0.15) is 46.1 Å². The fraction of sp³-hybridized carbons (Fsp3) is 0.444. The van der Waals surface area contributed by atoms with Gasteiger partial charge in [0.25, 0.3) is 0 Å². The quantitative estimate of drug-likeness (QED) is 0.507. The maximum Gasteiger partial charge on any atom is 1.00 e. The lowest BCUT2D eigenvalue weighted by Crippen LogP contribution is -2.43. The van der Waals surface area contributed by atoms with E-state index in [0.29, 0.717) is 24.8 Å². The van der Waals surface area contributed by atoms with Crippen LogP contribution in [-0.4, -0.2) is 54.0 Å². The van der Waals surface area contributed by atoms with E-state index in [1.165, 1.54) is 46.9 Å². The third kappa shape index (κ3) is 5.82. The molecular formula is C27H32N2O6. The molecule has 1 N–H and O–H groups in total. The highest BCUT2D eigenvalue weighted by Crippen LogP contribution is 2.40. The molecule has 2 heterocycles. The molecule has 0 amide bonds. The third-order valence-electron chi connectivity index (χ3n) is 7.07. The van der Waals surface area contributed by atoms with Crippen LogP contribution in [0.5, 0.6) is 0 Å². The second kappa shape index (κ2) is 10.9. The Kier molecular flexibility index (Phi) is 7.70. The molecule has 0 spiro atoms. The molecule has 0 radical (unpaired) electrons. The summed E-state index contributed by atoms with van der Waals surface area (Å²) >= 11 is 0. The summed E-state index contributed by atoms with van der Waals surface area (Å²) < 4.78 is 5.76. The average Bonchev–Trinajstić information content (AvgIpc) is 3.27. The van der Waals surface area contributed by atoms with Crippen LogP contribution in [0, 0.1) is 11.8 Å². The molecular weight excluding hydrogens is 448 g/mol. The van der Waals surface area contributed by atoms with Crippen LogP contribution in [0.2, 0.25) is 0 Å². The molecule has 2 atom stereocenters. The van der Waals surface area contributed by atoms with Crippen molar-refractivity contribution >= 4 is 34.4 Å². The second-order valence-corrected chi connectivity index (χ2v) is 9.52. The molecule has 186 valence electrons. The van der Waals surface area contributed by atoms with E-state index in [9.17, 15) is 24.6 Å². The van der Waals surface area contributed by atoms with Crippen LogP contribution < -0.4 is 10.2 Å². The number of carboxylic acids is 2. The van der Waals surface area contributed by atoms with E-state index in [1.54, 1.807) is 0 Å². The Hall–Kier alpha value is -3.39. The number of benzene rings is 1. The van der Waals surface area contributed by atoms with Gasteiger partial charge in [-0.15, -0.1) is 0 Å². The molecule has 0 unspecified atom stereocenters. The Morgan fingerprint density at radius 3 is 2.54 bits per heavy atom. The van der Waals surface area contributed by atoms with Gasteiger partial charge in [0.1, 0.15) is 0 Å². The largest absolute Gasteiger partial charge is 1.00 e. The van der Waals surface area contributed by atoms with Crippen LogP contribution in [0.3, 0.4) is 0 Å². The Balaban J connectivity index is 0.000000423. The standard InChI is InChI=1S/C23H28N2O2.C4H4O4/c1-25-13-15(14-27-23(26)16-6-3-2-4-7-16)10-19-18-8-5-9-20-22(18)17(12-24-20)11-21(19)25;5-3(6)1-2-4(7)8/h5,8-10,12,15-16,21,24H,2-4,6-7,11,13-14H2,1H3;1-2H,(H,5,6)(H,7,8)/b;2-1-/t15-,21-;/m1./s1. The van der Waals surface area contributed by atoms with Crippen molar-refractivity contribution in [3.8, 4) is 0 Å². The summed E-state index contributed by atoms with van der Waals surface area (Å²) in [5, 5.41) is 20.2. The molecule has 2 aromatic rings. The van der Waals surface area contributed by atoms with Crippen molar-refractivity contribution in [1.29, 1.82) is 0 Å². The number of hydrogen-bond donors (Lipinski definition) is 1. The number of carboxylic acid groups (broad SMARTS) is 2. The van der Waals surface area contributed by atoms with Gasteiger partial charge in [0.2, 0.25) is 0 Å². The predicted molar refractivity (Wildman–Crippen MR) is 129 cm³/mol. The maximum atomic E-state index is 12.4. The number of rotatable bonds is 5.